The quantitative estimate of drug-likeness (QED) is 0.857. The minimum Gasteiger partial charge on any atom is -0.354 e. The predicted molar refractivity (Wildman–Crippen MR) is 107 cm³/mol. The van der Waals surface area contributed by atoms with Gasteiger partial charge < -0.3 is 14.8 Å². The van der Waals surface area contributed by atoms with E-state index in [0.717, 1.165) is 42.5 Å². The van der Waals surface area contributed by atoms with Crippen molar-refractivity contribution >= 4 is 23.2 Å². The smallest absolute Gasteiger partial charge is 0.256 e. The summed E-state index contributed by atoms with van der Waals surface area (Å²) in [5, 5.41) is 7.23. The van der Waals surface area contributed by atoms with Crippen LogP contribution >= 0.6 is 11.3 Å². The minimum atomic E-state index is -0.461. The average Bonchev–Trinajstić information content (AvgIpc) is 3.44. The molecule has 2 fully saturated rings. The molecular formula is C21H27N3O2S. The van der Waals surface area contributed by atoms with Crippen LogP contribution < -0.4 is 5.32 Å². The van der Waals surface area contributed by atoms with E-state index in [9.17, 15) is 9.59 Å². The number of thiophene rings is 1. The molecule has 5 nitrogen and oxygen atoms in total. The largest absolute Gasteiger partial charge is 0.354 e. The van der Waals surface area contributed by atoms with Crippen molar-refractivity contribution < 1.29 is 9.59 Å². The van der Waals surface area contributed by atoms with Gasteiger partial charge in [-0.05, 0) is 61.1 Å². The maximum Gasteiger partial charge on any atom is 0.256 e. The van der Waals surface area contributed by atoms with Crippen molar-refractivity contribution in [3.63, 3.8) is 0 Å². The average molecular weight is 386 g/mol. The first-order valence-electron chi connectivity index (χ1n) is 9.72. The predicted octanol–water partition coefficient (Wildman–Crippen LogP) is 3.48. The lowest BCUT2D eigenvalue weighted by molar-refractivity contribution is -0.133. The molecule has 2 aliphatic heterocycles. The van der Waals surface area contributed by atoms with Gasteiger partial charge in [-0.3, -0.25) is 9.59 Å². The van der Waals surface area contributed by atoms with Crippen LogP contribution in [-0.4, -0.2) is 33.4 Å². The molecule has 0 saturated carbocycles. The Kier molecular flexibility index (Phi) is 4.62. The molecule has 144 valence electrons. The normalized spacial score (nSPS) is 26.6. The highest BCUT2D eigenvalue weighted by Gasteiger charge is 2.60. The fourth-order valence-corrected chi connectivity index (χ4v) is 5.67. The zero-order chi connectivity index (χ0) is 19.2. The number of amides is 2. The number of aromatic nitrogens is 1. The number of rotatable bonds is 5. The molecule has 0 radical (unpaired) electrons. The summed E-state index contributed by atoms with van der Waals surface area (Å²) in [6.07, 6.45) is 5.40. The van der Waals surface area contributed by atoms with E-state index in [1.165, 1.54) is 0 Å². The van der Waals surface area contributed by atoms with Crippen molar-refractivity contribution in [3.05, 3.63) is 45.9 Å². The highest BCUT2D eigenvalue weighted by molar-refractivity contribution is 7.07. The molecule has 1 N–H and O–H groups in total. The SMILES string of the molecule is CC[C@@]1(C(=O)NCc2ccsc2)C[C@@H]2CC[C@H]1N2C(=O)c1ccn(C)c1C. The lowest BCUT2D eigenvalue weighted by Gasteiger charge is -2.35. The van der Waals surface area contributed by atoms with E-state index in [-0.39, 0.29) is 23.9 Å². The Labute approximate surface area is 164 Å². The van der Waals surface area contributed by atoms with Crippen LogP contribution in [0.1, 0.15) is 54.2 Å². The van der Waals surface area contributed by atoms with Crippen LogP contribution in [-0.2, 0) is 18.4 Å². The second kappa shape index (κ2) is 6.82. The maximum atomic E-state index is 13.3. The fourth-order valence-electron chi connectivity index (χ4n) is 5.00. The molecule has 2 aliphatic rings. The van der Waals surface area contributed by atoms with Gasteiger partial charge in [0.25, 0.3) is 5.91 Å². The van der Waals surface area contributed by atoms with Crippen molar-refractivity contribution in [3.8, 4) is 0 Å². The lowest BCUT2D eigenvalue weighted by Crippen LogP contribution is -2.49. The summed E-state index contributed by atoms with van der Waals surface area (Å²) in [5.74, 6) is 0.188. The number of carbonyl (C=O) groups is 2. The molecule has 2 saturated heterocycles. The van der Waals surface area contributed by atoms with Crippen LogP contribution in [0.15, 0.2) is 29.1 Å². The van der Waals surface area contributed by atoms with E-state index in [1.54, 1.807) is 11.3 Å². The Morgan fingerprint density at radius 3 is 2.78 bits per heavy atom. The molecule has 2 bridgehead atoms. The van der Waals surface area contributed by atoms with Gasteiger partial charge in [0.1, 0.15) is 0 Å². The van der Waals surface area contributed by atoms with Gasteiger partial charge in [0.05, 0.1) is 11.0 Å². The molecule has 0 unspecified atom stereocenters. The van der Waals surface area contributed by atoms with E-state index in [1.807, 2.05) is 47.1 Å². The van der Waals surface area contributed by atoms with Gasteiger partial charge in [-0.2, -0.15) is 11.3 Å². The monoisotopic (exact) mass is 385 g/mol. The number of nitrogens with one attached hydrogen (secondary N) is 1. The standard InChI is InChI=1S/C21H27N3O2S/c1-4-21(20(26)22-12-15-8-10-27-13-15)11-16-5-6-18(21)24(16)19(25)17-7-9-23(3)14(17)2/h7-10,13,16,18H,4-6,11-12H2,1-3H3,(H,22,26)/t16-,18+,21+/m0/s1. The van der Waals surface area contributed by atoms with Gasteiger partial charge in [-0.15, -0.1) is 0 Å². The van der Waals surface area contributed by atoms with E-state index in [0.29, 0.717) is 6.54 Å². The van der Waals surface area contributed by atoms with Gasteiger partial charge in [-0.25, -0.2) is 0 Å². The Morgan fingerprint density at radius 1 is 1.33 bits per heavy atom. The van der Waals surface area contributed by atoms with Crippen molar-refractivity contribution in [1.29, 1.82) is 0 Å². The molecule has 4 heterocycles. The number of carbonyl (C=O) groups excluding carboxylic acids is 2. The summed E-state index contributed by atoms with van der Waals surface area (Å²) in [7, 11) is 1.96. The number of aryl methyl sites for hydroxylation is 1. The molecule has 3 atom stereocenters. The molecular weight excluding hydrogens is 358 g/mol. The van der Waals surface area contributed by atoms with Gasteiger partial charge in [0, 0.05) is 37.6 Å². The number of hydrogen-bond donors (Lipinski definition) is 1. The molecule has 27 heavy (non-hydrogen) atoms. The van der Waals surface area contributed by atoms with Gasteiger partial charge in [0.2, 0.25) is 5.91 Å². The van der Waals surface area contributed by atoms with Crippen LogP contribution in [0.25, 0.3) is 0 Å². The summed E-state index contributed by atoms with van der Waals surface area (Å²) >= 11 is 1.64. The Morgan fingerprint density at radius 2 is 2.15 bits per heavy atom. The zero-order valence-corrected chi connectivity index (χ0v) is 17.0. The van der Waals surface area contributed by atoms with Gasteiger partial charge in [0.15, 0.2) is 0 Å². The first-order valence-corrected chi connectivity index (χ1v) is 10.7. The first-order chi connectivity index (χ1) is 13.0. The van der Waals surface area contributed by atoms with Crippen LogP contribution in [0.2, 0.25) is 0 Å². The highest BCUT2D eigenvalue weighted by Crippen LogP contribution is 2.52. The molecule has 6 heteroatoms. The van der Waals surface area contributed by atoms with Crippen molar-refractivity contribution in [2.45, 2.75) is 58.2 Å². The Balaban J connectivity index is 1.56. The van der Waals surface area contributed by atoms with E-state index in [4.69, 9.17) is 0 Å². The summed E-state index contributed by atoms with van der Waals surface area (Å²) in [4.78, 5) is 28.5. The Hall–Kier alpha value is -2.08. The molecule has 0 spiro atoms. The maximum absolute atomic E-state index is 13.3. The van der Waals surface area contributed by atoms with Crippen molar-refractivity contribution in [1.82, 2.24) is 14.8 Å². The van der Waals surface area contributed by atoms with Crippen LogP contribution in [0.4, 0.5) is 0 Å². The van der Waals surface area contributed by atoms with Crippen LogP contribution in [0, 0.1) is 12.3 Å². The number of fused-ring (bicyclic) bond motifs is 2. The lowest BCUT2D eigenvalue weighted by atomic mass is 9.71. The minimum absolute atomic E-state index is 0.00193. The summed E-state index contributed by atoms with van der Waals surface area (Å²) < 4.78 is 1.98. The van der Waals surface area contributed by atoms with Crippen molar-refractivity contribution in [2.75, 3.05) is 0 Å². The molecule has 2 aromatic rings. The number of hydrogen-bond acceptors (Lipinski definition) is 3. The molecule has 2 amide bonds. The second-order valence-corrected chi connectivity index (χ2v) is 8.69. The third-order valence-corrected chi connectivity index (χ3v) is 7.44. The van der Waals surface area contributed by atoms with Gasteiger partial charge >= 0.3 is 0 Å². The topological polar surface area (TPSA) is 54.3 Å². The Bertz CT molecular complexity index is 857. The van der Waals surface area contributed by atoms with Crippen LogP contribution in [0.3, 0.4) is 0 Å². The number of nitrogens with zero attached hydrogens (tertiary/aromatic N) is 2. The third kappa shape index (κ3) is 2.81. The summed E-state index contributed by atoms with van der Waals surface area (Å²) in [5.41, 5.74) is 2.42. The summed E-state index contributed by atoms with van der Waals surface area (Å²) in [6.45, 7) is 4.63. The fraction of sp³-hybridized carbons (Fsp3) is 0.524. The van der Waals surface area contributed by atoms with E-state index >= 15 is 0 Å². The van der Waals surface area contributed by atoms with Crippen molar-refractivity contribution in [2.24, 2.45) is 12.5 Å². The summed E-state index contributed by atoms with van der Waals surface area (Å²) in [6, 6.07) is 4.12. The second-order valence-electron chi connectivity index (χ2n) is 7.91. The third-order valence-electron chi connectivity index (χ3n) is 6.71. The molecule has 2 aromatic heterocycles. The molecule has 0 aliphatic carbocycles. The van der Waals surface area contributed by atoms with Gasteiger partial charge in [-0.1, -0.05) is 6.92 Å². The highest BCUT2D eigenvalue weighted by atomic mass is 32.1. The van der Waals surface area contributed by atoms with E-state index < -0.39 is 5.41 Å². The van der Waals surface area contributed by atoms with Crippen LogP contribution in [0.5, 0.6) is 0 Å². The first kappa shape index (κ1) is 18.3. The van der Waals surface area contributed by atoms with E-state index in [2.05, 4.69) is 17.6 Å². The zero-order valence-electron chi connectivity index (χ0n) is 16.2. The molecule has 4 rings (SSSR count). The molecule has 0 aromatic carbocycles.